The fourth-order valence-electron chi connectivity index (χ4n) is 11.2. The van der Waals surface area contributed by atoms with Gasteiger partial charge in [0.25, 0.3) is 0 Å². The highest BCUT2D eigenvalue weighted by Crippen LogP contribution is 2.63. The van der Waals surface area contributed by atoms with Gasteiger partial charge in [-0.15, -0.1) is 0 Å². The highest BCUT2D eigenvalue weighted by atomic mass is 15.0. The van der Waals surface area contributed by atoms with Gasteiger partial charge in [-0.05, 0) is 88.8 Å². The molecular formula is C65H44N4. The average molecular weight is 881 g/mol. The van der Waals surface area contributed by atoms with E-state index in [4.69, 9.17) is 9.97 Å². The molecule has 2 aliphatic rings. The number of para-hydroxylation sites is 3. The normalized spacial score (nSPS) is 16.3. The molecule has 3 heterocycles. The lowest BCUT2D eigenvalue weighted by molar-refractivity contribution is 0.822. The second kappa shape index (κ2) is 15.6. The molecule has 1 saturated carbocycles. The van der Waals surface area contributed by atoms with Crippen LogP contribution in [0, 0.1) is 5.92 Å². The first-order chi connectivity index (χ1) is 34.2. The first kappa shape index (κ1) is 39.3. The molecule has 2 atom stereocenters. The monoisotopic (exact) mass is 880 g/mol. The third kappa shape index (κ3) is 6.44. The molecule has 0 bridgehead atoms. The van der Waals surface area contributed by atoms with Gasteiger partial charge < -0.3 is 9.13 Å². The van der Waals surface area contributed by atoms with Crippen molar-refractivity contribution < 1.29 is 0 Å². The Labute approximate surface area is 400 Å². The highest BCUT2D eigenvalue weighted by Gasteiger charge is 2.57. The smallest absolute Gasteiger partial charge is 0.156 e. The summed E-state index contributed by atoms with van der Waals surface area (Å²) >= 11 is 0. The maximum atomic E-state index is 5.35. The van der Waals surface area contributed by atoms with Crippen molar-refractivity contribution in [1.82, 2.24) is 19.1 Å². The molecule has 0 amide bonds. The Balaban J connectivity index is 0.849. The van der Waals surface area contributed by atoms with Crippen molar-refractivity contribution in [1.29, 1.82) is 0 Å². The maximum Gasteiger partial charge on any atom is 0.156 e. The Kier molecular flexibility index (Phi) is 8.90. The van der Waals surface area contributed by atoms with E-state index in [2.05, 4.69) is 258 Å². The zero-order valence-electron chi connectivity index (χ0n) is 37.7. The molecule has 69 heavy (non-hydrogen) atoms. The van der Waals surface area contributed by atoms with Crippen molar-refractivity contribution in [2.75, 3.05) is 0 Å². The lowest BCUT2D eigenvalue weighted by atomic mass is 9.86. The van der Waals surface area contributed by atoms with E-state index in [-0.39, 0.29) is 11.3 Å². The summed E-state index contributed by atoms with van der Waals surface area (Å²) in [5, 5.41) is 5.01. The number of hydrogen-bond donors (Lipinski definition) is 0. The van der Waals surface area contributed by atoms with Crippen molar-refractivity contribution in [3.63, 3.8) is 0 Å². The molecule has 2 unspecified atom stereocenters. The van der Waals surface area contributed by atoms with Crippen LogP contribution in [-0.4, -0.2) is 19.1 Å². The Morgan fingerprint density at radius 1 is 0.377 bits per heavy atom. The molecular weight excluding hydrogens is 837 g/mol. The van der Waals surface area contributed by atoms with E-state index >= 15 is 0 Å². The Morgan fingerprint density at radius 3 is 1.58 bits per heavy atom. The summed E-state index contributed by atoms with van der Waals surface area (Å²) in [6.07, 6.45) is 7.91. The standard InChI is InChI=1S/C65H44N4/c1-4-16-43(17-5-1)44-29-31-46(32-30-44)59-41-58(45-18-6-2-7-19-45)66-64(67-59)56-26-15-37-65(42-57(56)65)49-34-36-55-53-25-11-13-28-61(53)69(63(55)40-49)51-23-14-20-47(38-51)48-33-35-54-52-24-10-12-27-60(52)68(62(54)39-48)50-21-8-3-9-22-50/h1-41,57H,42H2. The number of allylic oxidation sites excluding steroid dienone is 4. The van der Waals surface area contributed by atoms with Gasteiger partial charge in [-0.25, -0.2) is 9.97 Å². The van der Waals surface area contributed by atoms with Crippen LogP contribution in [0.2, 0.25) is 0 Å². The molecule has 12 aromatic rings. The van der Waals surface area contributed by atoms with E-state index in [1.807, 2.05) is 0 Å². The van der Waals surface area contributed by atoms with Crippen LogP contribution in [-0.2, 0) is 5.41 Å². The van der Waals surface area contributed by atoms with Crippen molar-refractivity contribution in [2.45, 2.75) is 11.8 Å². The van der Waals surface area contributed by atoms with E-state index in [1.165, 1.54) is 77.0 Å². The van der Waals surface area contributed by atoms with E-state index in [9.17, 15) is 0 Å². The zero-order valence-corrected chi connectivity index (χ0v) is 37.7. The molecule has 3 aromatic heterocycles. The maximum absolute atomic E-state index is 5.35. The largest absolute Gasteiger partial charge is 0.309 e. The zero-order chi connectivity index (χ0) is 45.5. The number of fused-ring (bicyclic) bond motifs is 7. The number of rotatable bonds is 8. The Morgan fingerprint density at radius 2 is 0.870 bits per heavy atom. The molecule has 0 aliphatic heterocycles. The summed E-state index contributed by atoms with van der Waals surface area (Å²) < 4.78 is 4.86. The quantitative estimate of drug-likeness (QED) is 0.152. The minimum absolute atomic E-state index is 0.155. The average Bonchev–Trinajstić information content (AvgIpc) is 3.99. The topological polar surface area (TPSA) is 35.6 Å². The number of benzene rings is 9. The van der Waals surface area contributed by atoms with Crippen molar-refractivity contribution >= 4 is 49.2 Å². The van der Waals surface area contributed by atoms with Crippen LogP contribution in [0.15, 0.2) is 249 Å². The summed E-state index contributed by atoms with van der Waals surface area (Å²) in [4.78, 5) is 10.7. The highest BCUT2D eigenvalue weighted by molar-refractivity contribution is 6.11. The van der Waals surface area contributed by atoms with E-state index < -0.39 is 0 Å². The van der Waals surface area contributed by atoms with Crippen LogP contribution < -0.4 is 0 Å². The molecule has 324 valence electrons. The number of aromatic nitrogens is 4. The van der Waals surface area contributed by atoms with Crippen LogP contribution in [0.4, 0.5) is 0 Å². The first-order valence-corrected chi connectivity index (χ1v) is 23.9. The molecule has 4 heteroatoms. The Bertz CT molecular complexity index is 4030. The fraction of sp³-hybridized carbons (Fsp3) is 0.0462. The minimum atomic E-state index is -0.155. The van der Waals surface area contributed by atoms with Crippen molar-refractivity contribution in [2.24, 2.45) is 5.92 Å². The van der Waals surface area contributed by atoms with Gasteiger partial charge in [-0.3, -0.25) is 0 Å². The van der Waals surface area contributed by atoms with Gasteiger partial charge >= 0.3 is 0 Å². The molecule has 14 rings (SSSR count). The van der Waals surface area contributed by atoms with Gasteiger partial charge in [-0.1, -0.05) is 194 Å². The second-order valence-corrected chi connectivity index (χ2v) is 18.6. The van der Waals surface area contributed by atoms with Crippen LogP contribution >= 0.6 is 0 Å². The molecule has 0 radical (unpaired) electrons. The van der Waals surface area contributed by atoms with Crippen molar-refractivity contribution in [3.8, 4) is 56.1 Å². The fourth-order valence-corrected chi connectivity index (χ4v) is 11.2. The van der Waals surface area contributed by atoms with Crippen LogP contribution in [0.1, 0.15) is 17.8 Å². The van der Waals surface area contributed by atoms with Crippen LogP contribution in [0.5, 0.6) is 0 Å². The predicted octanol–water partition coefficient (Wildman–Crippen LogP) is 16.2. The van der Waals surface area contributed by atoms with E-state index in [1.54, 1.807) is 0 Å². The SMILES string of the molecule is C1=CC2(c3ccc4c5ccccc5n(-c5cccc(-c6ccc7c8ccccc8n(-c8ccccc8)c7c6)c5)c4c3)CC2C(c2nc(-c3ccccc3)cc(-c3ccc(-c4ccccc4)cc3)n2)=C1. The minimum Gasteiger partial charge on any atom is -0.309 e. The molecule has 0 spiro atoms. The summed E-state index contributed by atoms with van der Waals surface area (Å²) in [6, 6.07) is 83.4. The second-order valence-electron chi connectivity index (χ2n) is 18.6. The molecule has 0 N–H and O–H groups in total. The third-order valence-electron chi connectivity index (χ3n) is 14.7. The Hall–Kier alpha value is -8.86. The molecule has 2 aliphatic carbocycles. The van der Waals surface area contributed by atoms with E-state index in [0.29, 0.717) is 0 Å². The van der Waals surface area contributed by atoms with Crippen LogP contribution in [0.25, 0.3) is 105 Å². The first-order valence-electron chi connectivity index (χ1n) is 23.9. The van der Waals surface area contributed by atoms with Gasteiger partial charge in [0, 0.05) is 61.0 Å². The summed E-state index contributed by atoms with van der Waals surface area (Å²) in [5.41, 5.74) is 18.2. The summed E-state index contributed by atoms with van der Waals surface area (Å²) in [5.74, 6) is 1.05. The van der Waals surface area contributed by atoms with E-state index in [0.717, 1.165) is 46.1 Å². The number of hydrogen-bond acceptors (Lipinski definition) is 2. The van der Waals surface area contributed by atoms with Gasteiger partial charge in [0.2, 0.25) is 0 Å². The van der Waals surface area contributed by atoms with Crippen molar-refractivity contribution in [3.05, 3.63) is 260 Å². The lowest BCUT2D eigenvalue weighted by Gasteiger charge is -2.20. The predicted molar refractivity (Wildman–Crippen MR) is 286 cm³/mol. The van der Waals surface area contributed by atoms with Gasteiger partial charge in [0.05, 0.1) is 33.5 Å². The molecule has 9 aromatic carbocycles. The van der Waals surface area contributed by atoms with Crippen LogP contribution in [0.3, 0.4) is 0 Å². The summed E-state index contributed by atoms with van der Waals surface area (Å²) in [6.45, 7) is 0. The summed E-state index contributed by atoms with van der Waals surface area (Å²) in [7, 11) is 0. The molecule has 1 fully saturated rings. The molecule has 4 nitrogen and oxygen atoms in total. The lowest BCUT2D eigenvalue weighted by Crippen LogP contribution is -2.12. The molecule has 0 saturated heterocycles. The van der Waals surface area contributed by atoms with Gasteiger partial charge in [0.15, 0.2) is 5.82 Å². The third-order valence-corrected chi connectivity index (χ3v) is 14.7. The van der Waals surface area contributed by atoms with Gasteiger partial charge in [0.1, 0.15) is 0 Å². The number of nitrogens with zero attached hydrogens (tertiary/aromatic N) is 4. The van der Waals surface area contributed by atoms with Gasteiger partial charge in [-0.2, -0.15) is 0 Å².